The molecule has 0 radical (unpaired) electrons. The Labute approximate surface area is 101 Å². The van der Waals surface area contributed by atoms with Crippen molar-refractivity contribution in [1.29, 1.82) is 0 Å². The minimum atomic E-state index is 0. The number of aromatic nitrogens is 2. The molecule has 2 heterocycles. The monoisotopic (exact) mass is 254 g/mol. The average molecular weight is 255 g/mol. The van der Waals surface area contributed by atoms with Crippen LogP contribution in [0.2, 0.25) is 0 Å². The van der Waals surface area contributed by atoms with E-state index in [9.17, 15) is 0 Å². The fourth-order valence-corrected chi connectivity index (χ4v) is 1.52. The Kier molecular flexibility index (Phi) is 5.79. The third-order valence-electron chi connectivity index (χ3n) is 2.15. The molecule has 2 rings (SSSR count). The smallest absolute Gasteiger partial charge is 0.174 e. The number of nitrogens with two attached hydrogens (primary N) is 1. The summed E-state index contributed by atoms with van der Waals surface area (Å²) in [7, 11) is 1.88. The van der Waals surface area contributed by atoms with Crippen molar-refractivity contribution in [2.75, 3.05) is 36.9 Å². The maximum Gasteiger partial charge on any atom is 0.174 e. The molecule has 5 nitrogen and oxygen atoms in total. The third-order valence-corrected chi connectivity index (χ3v) is 2.15. The van der Waals surface area contributed by atoms with E-state index in [-0.39, 0.29) is 24.8 Å². The SMILES string of the molecule is Cl.Cl.Cn1cc(N)c(N2CCOCC2)n1. The van der Waals surface area contributed by atoms with Gasteiger partial charge in [0.2, 0.25) is 0 Å². The lowest BCUT2D eigenvalue weighted by Crippen LogP contribution is -2.36. The highest BCUT2D eigenvalue weighted by Crippen LogP contribution is 2.20. The highest BCUT2D eigenvalue weighted by molar-refractivity contribution is 5.85. The van der Waals surface area contributed by atoms with Crippen LogP contribution in [0.5, 0.6) is 0 Å². The van der Waals surface area contributed by atoms with Crippen molar-refractivity contribution >= 4 is 36.3 Å². The van der Waals surface area contributed by atoms with Gasteiger partial charge in [0.05, 0.1) is 18.9 Å². The van der Waals surface area contributed by atoms with Crippen LogP contribution in [-0.4, -0.2) is 36.1 Å². The first-order valence-corrected chi connectivity index (χ1v) is 4.39. The Morgan fingerprint density at radius 3 is 2.40 bits per heavy atom. The fraction of sp³-hybridized carbons (Fsp3) is 0.625. The highest BCUT2D eigenvalue weighted by Gasteiger charge is 2.16. The maximum absolute atomic E-state index is 5.81. The standard InChI is InChI=1S/C8H14N4O.2ClH/c1-11-6-7(9)8(10-11)12-2-4-13-5-3-12;;/h6H,2-5,9H2,1H3;2*1H. The summed E-state index contributed by atoms with van der Waals surface area (Å²) in [6.45, 7) is 3.27. The van der Waals surface area contributed by atoms with Gasteiger partial charge in [0.15, 0.2) is 5.82 Å². The maximum atomic E-state index is 5.81. The van der Waals surface area contributed by atoms with Crippen LogP contribution in [0.4, 0.5) is 11.5 Å². The summed E-state index contributed by atoms with van der Waals surface area (Å²) in [6.07, 6.45) is 1.82. The summed E-state index contributed by atoms with van der Waals surface area (Å²) < 4.78 is 6.99. The van der Waals surface area contributed by atoms with E-state index in [0.29, 0.717) is 0 Å². The van der Waals surface area contributed by atoms with Crippen molar-refractivity contribution < 1.29 is 4.74 Å². The molecule has 2 N–H and O–H groups in total. The van der Waals surface area contributed by atoms with Gasteiger partial charge in [0, 0.05) is 26.3 Å². The number of ether oxygens (including phenoxy) is 1. The first kappa shape index (κ1) is 14.3. The highest BCUT2D eigenvalue weighted by atomic mass is 35.5. The van der Waals surface area contributed by atoms with Gasteiger partial charge >= 0.3 is 0 Å². The first-order valence-electron chi connectivity index (χ1n) is 4.39. The number of hydrogen-bond acceptors (Lipinski definition) is 4. The van der Waals surface area contributed by atoms with Gasteiger partial charge in [-0.1, -0.05) is 0 Å². The van der Waals surface area contributed by atoms with E-state index in [1.165, 1.54) is 0 Å². The molecule has 1 saturated heterocycles. The summed E-state index contributed by atoms with van der Waals surface area (Å²) >= 11 is 0. The molecule has 0 unspecified atom stereocenters. The fourth-order valence-electron chi connectivity index (χ4n) is 1.52. The largest absolute Gasteiger partial charge is 0.394 e. The Hall–Kier alpha value is -0.650. The van der Waals surface area contributed by atoms with Gasteiger partial charge in [0.1, 0.15) is 0 Å². The molecular formula is C8H16Cl2N4O. The predicted octanol–water partition coefficient (Wildman–Crippen LogP) is 0.682. The number of nitrogens with zero attached hydrogens (tertiary/aromatic N) is 3. The molecule has 1 aliphatic rings. The third kappa shape index (κ3) is 3.15. The van der Waals surface area contributed by atoms with Crippen LogP contribution in [0.1, 0.15) is 0 Å². The molecule has 1 aliphatic heterocycles. The van der Waals surface area contributed by atoms with Gasteiger partial charge in [-0.2, -0.15) is 5.10 Å². The normalized spacial score (nSPS) is 15.4. The second-order valence-corrected chi connectivity index (χ2v) is 3.18. The van der Waals surface area contributed by atoms with Gasteiger partial charge in [-0.15, -0.1) is 24.8 Å². The van der Waals surface area contributed by atoms with Crippen molar-refractivity contribution in [2.45, 2.75) is 0 Å². The van der Waals surface area contributed by atoms with E-state index in [0.717, 1.165) is 37.8 Å². The second-order valence-electron chi connectivity index (χ2n) is 3.18. The zero-order valence-electron chi connectivity index (χ0n) is 8.55. The summed E-state index contributed by atoms with van der Waals surface area (Å²) in [5.74, 6) is 0.880. The van der Waals surface area contributed by atoms with Crippen molar-refractivity contribution in [2.24, 2.45) is 7.05 Å². The van der Waals surface area contributed by atoms with E-state index >= 15 is 0 Å². The van der Waals surface area contributed by atoms with Crippen molar-refractivity contribution in [3.8, 4) is 0 Å². The zero-order chi connectivity index (χ0) is 9.26. The Balaban J connectivity index is 0.000000980. The van der Waals surface area contributed by atoms with Crippen LogP contribution in [-0.2, 0) is 11.8 Å². The Morgan fingerprint density at radius 1 is 1.33 bits per heavy atom. The second kappa shape index (κ2) is 6.05. The van der Waals surface area contributed by atoms with Gasteiger partial charge < -0.3 is 15.4 Å². The quantitative estimate of drug-likeness (QED) is 0.801. The molecule has 1 aromatic heterocycles. The minimum absolute atomic E-state index is 0. The number of hydrogen-bond donors (Lipinski definition) is 1. The van der Waals surface area contributed by atoms with Crippen LogP contribution in [0.3, 0.4) is 0 Å². The number of halogens is 2. The van der Waals surface area contributed by atoms with E-state index < -0.39 is 0 Å². The number of morpholine rings is 1. The lowest BCUT2D eigenvalue weighted by Gasteiger charge is -2.26. The molecule has 7 heteroatoms. The van der Waals surface area contributed by atoms with E-state index in [1.807, 2.05) is 13.2 Å². The summed E-state index contributed by atoms with van der Waals surface area (Å²) in [6, 6.07) is 0. The lowest BCUT2D eigenvalue weighted by atomic mass is 10.4. The summed E-state index contributed by atoms with van der Waals surface area (Å²) in [5.41, 5.74) is 6.55. The minimum Gasteiger partial charge on any atom is -0.394 e. The molecule has 0 aliphatic carbocycles. The van der Waals surface area contributed by atoms with Crippen LogP contribution in [0.25, 0.3) is 0 Å². The van der Waals surface area contributed by atoms with E-state index in [4.69, 9.17) is 10.5 Å². The molecule has 0 bridgehead atoms. The molecule has 0 amide bonds. The van der Waals surface area contributed by atoms with Crippen molar-refractivity contribution in [3.05, 3.63) is 6.20 Å². The molecule has 1 fully saturated rings. The summed E-state index contributed by atoms with van der Waals surface area (Å²) in [4.78, 5) is 2.15. The molecule has 0 aromatic carbocycles. The lowest BCUT2D eigenvalue weighted by molar-refractivity contribution is 0.122. The predicted molar refractivity (Wildman–Crippen MR) is 65.1 cm³/mol. The van der Waals surface area contributed by atoms with Crippen molar-refractivity contribution in [1.82, 2.24) is 9.78 Å². The van der Waals surface area contributed by atoms with Crippen LogP contribution in [0, 0.1) is 0 Å². The van der Waals surface area contributed by atoms with Gasteiger partial charge in [-0.25, -0.2) is 0 Å². The number of rotatable bonds is 1. The number of anilines is 2. The first-order chi connectivity index (χ1) is 6.27. The Bertz CT molecular complexity index is 299. The molecule has 0 atom stereocenters. The van der Waals surface area contributed by atoms with E-state index in [1.54, 1.807) is 4.68 Å². The van der Waals surface area contributed by atoms with Crippen LogP contribution >= 0.6 is 24.8 Å². The number of nitrogen functional groups attached to an aromatic ring is 1. The zero-order valence-corrected chi connectivity index (χ0v) is 10.2. The molecule has 0 saturated carbocycles. The van der Waals surface area contributed by atoms with Gasteiger partial charge in [-0.3, -0.25) is 4.68 Å². The van der Waals surface area contributed by atoms with Gasteiger partial charge in [0.25, 0.3) is 0 Å². The molecule has 15 heavy (non-hydrogen) atoms. The van der Waals surface area contributed by atoms with Gasteiger partial charge in [-0.05, 0) is 0 Å². The van der Waals surface area contributed by atoms with Crippen LogP contribution < -0.4 is 10.6 Å². The Morgan fingerprint density at radius 2 is 1.93 bits per heavy atom. The average Bonchev–Trinajstić information content (AvgIpc) is 2.47. The summed E-state index contributed by atoms with van der Waals surface area (Å²) in [5, 5.41) is 4.30. The van der Waals surface area contributed by atoms with E-state index in [2.05, 4.69) is 10.00 Å². The topological polar surface area (TPSA) is 56.3 Å². The van der Waals surface area contributed by atoms with Crippen molar-refractivity contribution in [3.63, 3.8) is 0 Å². The van der Waals surface area contributed by atoms with Crippen LogP contribution in [0.15, 0.2) is 6.20 Å². The molecule has 88 valence electrons. The molecule has 1 aromatic rings. The molecular weight excluding hydrogens is 239 g/mol. The number of aryl methyl sites for hydroxylation is 1. The molecule has 0 spiro atoms.